The van der Waals surface area contributed by atoms with E-state index in [4.69, 9.17) is 5.73 Å². The molecular formula is C12H14N2O. The normalized spacial score (nSPS) is 15.1. The summed E-state index contributed by atoms with van der Waals surface area (Å²) in [6.45, 7) is 1.67. The molecule has 0 saturated heterocycles. The third-order valence-corrected chi connectivity index (χ3v) is 2.48. The highest BCUT2D eigenvalue weighted by Gasteiger charge is 2.13. The van der Waals surface area contributed by atoms with Crippen LogP contribution in [-0.4, -0.2) is 16.2 Å². The minimum atomic E-state index is -0.585. The van der Waals surface area contributed by atoms with E-state index in [0.29, 0.717) is 0 Å². The molecule has 0 radical (unpaired) electrons. The van der Waals surface area contributed by atoms with Crippen LogP contribution in [0.3, 0.4) is 0 Å². The van der Waals surface area contributed by atoms with Gasteiger partial charge in [-0.1, -0.05) is 24.3 Å². The summed E-state index contributed by atoms with van der Waals surface area (Å²) in [6, 6.07) is 11.3. The lowest BCUT2D eigenvalue weighted by molar-refractivity contribution is 0.162. The van der Waals surface area contributed by atoms with Crippen LogP contribution >= 0.6 is 0 Å². The van der Waals surface area contributed by atoms with Crippen LogP contribution in [0, 0.1) is 0 Å². The van der Waals surface area contributed by atoms with Gasteiger partial charge in [0.05, 0.1) is 23.4 Å². The SMILES string of the molecule is C[C@@H](O)[C@H](N)c1ccc2ccccc2n1. The van der Waals surface area contributed by atoms with Crippen LogP contribution in [0.25, 0.3) is 10.9 Å². The number of hydrogen-bond acceptors (Lipinski definition) is 3. The largest absolute Gasteiger partial charge is 0.391 e. The zero-order chi connectivity index (χ0) is 10.8. The molecule has 0 unspecified atom stereocenters. The van der Waals surface area contributed by atoms with Gasteiger partial charge in [-0.3, -0.25) is 4.98 Å². The Bertz CT molecular complexity index is 468. The lowest BCUT2D eigenvalue weighted by atomic mass is 10.1. The molecule has 2 aromatic rings. The topological polar surface area (TPSA) is 59.1 Å². The predicted octanol–water partition coefficient (Wildman–Crippen LogP) is 1.62. The summed E-state index contributed by atoms with van der Waals surface area (Å²) in [6.07, 6.45) is -0.585. The summed E-state index contributed by atoms with van der Waals surface area (Å²) < 4.78 is 0. The van der Waals surface area contributed by atoms with E-state index in [2.05, 4.69) is 4.98 Å². The number of fused-ring (bicyclic) bond motifs is 1. The highest BCUT2D eigenvalue weighted by Crippen LogP contribution is 2.17. The van der Waals surface area contributed by atoms with Crippen molar-refractivity contribution < 1.29 is 5.11 Å². The molecule has 0 bridgehead atoms. The lowest BCUT2D eigenvalue weighted by Gasteiger charge is -2.14. The minimum absolute atomic E-state index is 0.422. The third-order valence-electron chi connectivity index (χ3n) is 2.48. The number of pyridine rings is 1. The Kier molecular flexibility index (Phi) is 2.66. The molecule has 3 heteroatoms. The van der Waals surface area contributed by atoms with Gasteiger partial charge in [0.2, 0.25) is 0 Å². The Morgan fingerprint density at radius 3 is 2.67 bits per heavy atom. The molecule has 0 amide bonds. The lowest BCUT2D eigenvalue weighted by Crippen LogP contribution is -2.24. The van der Waals surface area contributed by atoms with E-state index >= 15 is 0 Å². The fourth-order valence-corrected chi connectivity index (χ4v) is 1.51. The van der Waals surface area contributed by atoms with Crippen LogP contribution in [-0.2, 0) is 0 Å². The van der Waals surface area contributed by atoms with Gasteiger partial charge < -0.3 is 10.8 Å². The summed E-state index contributed by atoms with van der Waals surface area (Å²) in [5, 5.41) is 10.5. The first-order chi connectivity index (χ1) is 7.18. The van der Waals surface area contributed by atoms with Crippen LogP contribution in [0.5, 0.6) is 0 Å². The zero-order valence-corrected chi connectivity index (χ0v) is 8.59. The Hall–Kier alpha value is -1.45. The Labute approximate surface area is 88.6 Å². The highest BCUT2D eigenvalue weighted by atomic mass is 16.3. The Morgan fingerprint density at radius 2 is 1.93 bits per heavy atom. The van der Waals surface area contributed by atoms with E-state index in [9.17, 15) is 5.11 Å². The van der Waals surface area contributed by atoms with E-state index in [0.717, 1.165) is 16.6 Å². The summed E-state index contributed by atoms with van der Waals surface area (Å²) in [5.74, 6) is 0. The van der Waals surface area contributed by atoms with Gasteiger partial charge in [0.1, 0.15) is 0 Å². The van der Waals surface area contributed by atoms with Gasteiger partial charge >= 0.3 is 0 Å². The number of rotatable bonds is 2. The van der Waals surface area contributed by atoms with Crippen molar-refractivity contribution in [1.82, 2.24) is 4.98 Å². The second-order valence-electron chi connectivity index (χ2n) is 3.70. The van der Waals surface area contributed by atoms with Crippen molar-refractivity contribution in [3.8, 4) is 0 Å². The molecule has 0 aliphatic heterocycles. The predicted molar refractivity (Wildman–Crippen MR) is 60.4 cm³/mol. The van der Waals surface area contributed by atoms with Crippen LogP contribution in [0.1, 0.15) is 18.7 Å². The maximum atomic E-state index is 9.38. The van der Waals surface area contributed by atoms with Crippen molar-refractivity contribution in [3.63, 3.8) is 0 Å². The number of benzene rings is 1. The van der Waals surface area contributed by atoms with Gasteiger partial charge in [0.25, 0.3) is 0 Å². The van der Waals surface area contributed by atoms with Crippen LogP contribution < -0.4 is 5.73 Å². The van der Waals surface area contributed by atoms with E-state index in [-0.39, 0.29) is 0 Å². The molecule has 2 atom stereocenters. The van der Waals surface area contributed by atoms with Gasteiger partial charge in [0, 0.05) is 5.39 Å². The molecule has 0 fully saturated rings. The number of aromatic nitrogens is 1. The third kappa shape index (κ3) is 1.98. The molecule has 0 aliphatic rings. The molecule has 3 nitrogen and oxygen atoms in total. The monoisotopic (exact) mass is 202 g/mol. The molecule has 3 N–H and O–H groups in total. The zero-order valence-electron chi connectivity index (χ0n) is 8.59. The number of aliphatic hydroxyl groups is 1. The van der Waals surface area contributed by atoms with E-state index < -0.39 is 12.1 Å². The second kappa shape index (κ2) is 3.96. The van der Waals surface area contributed by atoms with Crippen molar-refractivity contribution >= 4 is 10.9 Å². The number of nitrogens with zero attached hydrogens (tertiary/aromatic N) is 1. The average Bonchev–Trinajstić information content (AvgIpc) is 2.27. The van der Waals surface area contributed by atoms with Gasteiger partial charge in [0.15, 0.2) is 0 Å². The highest BCUT2D eigenvalue weighted by molar-refractivity contribution is 5.78. The van der Waals surface area contributed by atoms with E-state index in [1.54, 1.807) is 6.92 Å². The van der Waals surface area contributed by atoms with Gasteiger partial charge in [-0.05, 0) is 19.1 Å². The molecule has 1 heterocycles. The molecule has 2 rings (SSSR count). The van der Waals surface area contributed by atoms with Crippen molar-refractivity contribution in [1.29, 1.82) is 0 Å². The smallest absolute Gasteiger partial charge is 0.0731 e. The summed E-state index contributed by atoms with van der Waals surface area (Å²) >= 11 is 0. The summed E-state index contributed by atoms with van der Waals surface area (Å²) in [5.41, 5.74) is 7.45. The molecule has 0 saturated carbocycles. The maximum absolute atomic E-state index is 9.38. The van der Waals surface area contributed by atoms with Crippen molar-refractivity contribution in [2.24, 2.45) is 5.73 Å². The van der Waals surface area contributed by atoms with Gasteiger partial charge in [-0.25, -0.2) is 0 Å². The van der Waals surface area contributed by atoms with Crippen LogP contribution in [0.4, 0.5) is 0 Å². The molecule has 0 spiro atoms. The number of nitrogens with two attached hydrogens (primary N) is 1. The standard InChI is InChI=1S/C12H14N2O/c1-8(15)12(13)11-7-6-9-4-2-3-5-10(9)14-11/h2-8,12,15H,13H2,1H3/t8-,12+/m1/s1. The number of hydrogen-bond donors (Lipinski definition) is 2. The van der Waals surface area contributed by atoms with Crippen molar-refractivity contribution in [3.05, 3.63) is 42.1 Å². The van der Waals surface area contributed by atoms with Gasteiger partial charge in [-0.15, -0.1) is 0 Å². The van der Waals surface area contributed by atoms with Crippen molar-refractivity contribution in [2.75, 3.05) is 0 Å². The minimum Gasteiger partial charge on any atom is -0.391 e. The summed E-state index contributed by atoms with van der Waals surface area (Å²) in [7, 11) is 0. The Morgan fingerprint density at radius 1 is 1.20 bits per heavy atom. The molecule has 1 aromatic carbocycles. The molecule has 1 aromatic heterocycles. The van der Waals surface area contributed by atoms with Crippen LogP contribution in [0.15, 0.2) is 36.4 Å². The first kappa shape index (κ1) is 10.1. The fourth-order valence-electron chi connectivity index (χ4n) is 1.51. The molecule has 15 heavy (non-hydrogen) atoms. The van der Waals surface area contributed by atoms with E-state index in [1.807, 2.05) is 36.4 Å². The molecular weight excluding hydrogens is 188 g/mol. The van der Waals surface area contributed by atoms with Crippen LogP contribution in [0.2, 0.25) is 0 Å². The van der Waals surface area contributed by atoms with E-state index in [1.165, 1.54) is 0 Å². The van der Waals surface area contributed by atoms with Gasteiger partial charge in [-0.2, -0.15) is 0 Å². The maximum Gasteiger partial charge on any atom is 0.0731 e. The quantitative estimate of drug-likeness (QED) is 0.778. The first-order valence-electron chi connectivity index (χ1n) is 4.98. The second-order valence-corrected chi connectivity index (χ2v) is 3.70. The molecule has 0 aliphatic carbocycles. The Balaban J connectivity index is 2.47. The number of para-hydroxylation sites is 1. The fraction of sp³-hybridized carbons (Fsp3) is 0.250. The average molecular weight is 202 g/mol. The molecule has 78 valence electrons. The summed E-state index contributed by atoms with van der Waals surface area (Å²) in [4.78, 5) is 4.41. The number of aliphatic hydroxyl groups excluding tert-OH is 1. The first-order valence-corrected chi connectivity index (χ1v) is 4.98. The van der Waals surface area contributed by atoms with Crippen molar-refractivity contribution in [2.45, 2.75) is 19.1 Å².